The first-order valence-corrected chi connectivity index (χ1v) is 11.7. The normalized spacial score (nSPS) is 12.3. The number of aromatic nitrogens is 3. The Kier molecular flexibility index (Phi) is 8.55. The number of methoxy groups -OCH3 is 1. The Hall–Kier alpha value is -4.11. The number of imidazole rings is 1. The van der Waals surface area contributed by atoms with E-state index in [1.165, 1.54) is 12.3 Å². The first-order chi connectivity index (χ1) is 18.2. The predicted octanol–water partition coefficient (Wildman–Crippen LogP) is 4.20. The van der Waals surface area contributed by atoms with Crippen LogP contribution >= 0.6 is 11.6 Å². The van der Waals surface area contributed by atoms with Crippen LogP contribution in [0.1, 0.15) is 43.7 Å². The van der Waals surface area contributed by atoms with Crippen LogP contribution in [0.15, 0.2) is 18.3 Å². The number of amides is 2. The highest BCUT2D eigenvalue weighted by atomic mass is 35.5. The van der Waals surface area contributed by atoms with Crippen LogP contribution in [0.4, 0.5) is 25.0 Å². The van der Waals surface area contributed by atoms with Gasteiger partial charge in [-0.3, -0.25) is 19.8 Å². The zero-order valence-electron chi connectivity index (χ0n) is 21.5. The van der Waals surface area contributed by atoms with Crippen LogP contribution in [0, 0.1) is 21.7 Å². The van der Waals surface area contributed by atoms with Gasteiger partial charge in [-0.2, -0.15) is 9.49 Å². The fourth-order valence-electron chi connectivity index (χ4n) is 3.76. The molecule has 1 aromatic carbocycles. The number of carbonyl (C=O) groups is 2. The monoisotopic (exact) mass is 570 g/mol. The molecule has 2 heterocycles. The summed E-state index contributed by atoms with van der Waals surface area (Å²) in [6, 6.07) is 1.46. The molecule has 0 aliphatic carbocycles. The quantitative estimate of drug-likeness (QED) is 0.284. The van der Waals surface area contributed by atoms with Gasteiger partial charge in [-0.05, 0) is 27.7 Å². The first-order valence-electron chi connectivity index (χ1n) is 11.3. The molecule has 16 heteroatoms. The summed E-state index contributed by atoms with van der Waals surface area (Å²) in [6.45, 7) is 5.88. The highest BCUT2D eigenvalue weighted by Gasteiger charge is 2.32. The molecule has 0 unspecified atom stereocenters. The Morgan fingerprint density at radius 2 is 1.97 bits per heavy atom. The number of halogens is 3. The van der Waals surface area contributed by atoms with Crippen molar-refractivity contribution >= 4 is 40.6 Å². The average molecular weight is 571 g/mol. The molecule has 0 fully saturated rings. The SMILES string of the molecule is COc1c([N+](=O)[O-])cc(COC[C@@H](C)NC(=O)c2cnc3c(N(C(=O)O)C(C)(C)C)cc(Cl)nn23)c(F)c1F. The van der Waals surface area contributed by atoms with E-state index < -0.39 is 63.7 Å². The Labute approximate surface area is 225 Å². The molecule has 0 saturated heterocycles. The van der Waals surface area contributed by atoms with Gasteiger partial charge in [-0.15, -0.1) is 0 Å². The minimum absolute atomic E-state index is 0.0567. The van der Waals surface area contributed by atoms with Gasteiger partial charge in [0.1, 0.15) is 0 Å². The van der Waals surface area contributed by atoms with E-state index in [1.807, 2.05) is 0 Å². The summed E-state index contributed by atoms with van der Waals surface area (Å²) < 4.78 is 39.5. The summed E-state index contributed by atoms with van der Waals surface area (Å²) in [7, 11) is 0.978. The standard InChI is InChI=1S/C23H25ClF2N6O7/c1-11(9-39-10-12-6-13(32(36)37)19(38-5)18(26)17(12)25)28-21(33)15-8-27-20-14(7-16(24)29-31(15)20)30(22(34)35)23(2,3)4/h6-8,11H,9-10H2,1-5H3,(H,28,33)(H,34,35)/t11-/m1/s1. The number of nitrogens with zero attached hydrogens (tertiary/aromatic N) is 5. The van der Waals surface area contributed by atoms with Crippen molar-refractivity contribution in [2.45, 2.75) is 45.9 Å². The smallest absolute Gasteiger partial charge is 0.412 e. The molecule has 0 spiro atoms. The topological polar surface area (TPSA) is 161 Å². The first kappa shape index (κ1) is 29.4. The minimum Gasteiger partial charge on any atom is -0.488 e. The lowest BCUT2D eigenvalue weighted by Crippen LogP contribution is -2.45. The van der Waals surface area contributed by atoms with Crippen LogP contribution in [0.3, 0.4) is 0 Å². The molecule has 0 aliphatic rings. The van der Waals surface area contributed by atoms with Gasteiger partial charge >= 0.3 is 11.8 Å². The van der Waals surface area contributed by atoms with Crippen molar-refractivity contribution in [3.63, 3.8) is 0 Å². The number of benzene rings is 1. The van der Waals surface area contributed by atoms with Gasteiger partial charge in [0.2, 0.25) is 11.6 Å². The molecule has 2 aromatic heterocycles. The molecule has 0 saturated carbocycles. The van der Waals surface area contributed by atoms with Crippen molar-refractivity contribution < 1.29 is 37.9 Å². The van der Waals surface area contributed by atoms with E-state index in [2.05, 4.69) is 20.1 Å². The van der Waals surface area contributed by atoms with E-state index in [0.717, 1.165) is 22.6 Å². The number of carboxylic acid groups (broad SMARTS) is 1. The van der Waals surface area contributed by atoms with Crippen LogP contribution in [-0.2, 0) is 11.3 Å². The van der Waals surface area contributed by atoms with Gasteiger partial charge in [0.05, 0.1) is 37.1 Å². The van der Waals surface area contributed by atoms with Crippen LogP contribution in [0.25, 0.3) is 5.65 Å². The number of ether oxygens (including phenoxy) is 2. The van der Waals surface area contributed by atoms with Crippen LogP contribution in [0.2, 0.25) is 5.15 Å². The molecule has 1 atom stereocenters. The Balaban J connectivity index is 1.76. The number of hydrogen-bond donors (Lipinski definition) is 2. The maximum Gasteiger partial charge on any atom is 0.412 e. The predicted molar refractivity (Wildman–Crippen MR) is 134 cm³/mol. The molecular formula is C23H25ClF2N6O7. The van der Waals surface area contributed by atoms with Crippen LogP contribution in [-0.4, -0.2) is 61.9 Å². The van der Waals surface area contributed by atoms with Gasteiger partial charge in [0, 0.05) is 29.3 Å². The average Bonchev–Trinajstić information content (AvgIpc) is 3.24. The number of anilines is 1. The lowest BCUT2D eigenvalue weighted by Gasteiger charge is -2.33. The van der Waals surface area contributed by atoms with Crippen molar-refractivity contribution in [1.82, 2.24) is 19.9 Å². The molecule has 0 aliphatic heterocycles. The summed E-state index contributed by atoms with van der Waals surface area (Å²) in [5.74, 6) is -4.36. The van der Waals surface area contributed by atoms with Gasteiger partial charge in [-0.25, -0.2) is 18.7 Å². The summed E-state index contributed by atoms with van der Waals surface area (Å²) in [5, 5.41) is 27.5. The zero-order valence-corrected chi connectivity index (χ0v) is 22.2. The van der Waals surface area contributed by atoms with Crippen molar-refractivity contribution in [1.29, 1.82) is 0 Å². The third kappa shape index (κ3) is 6.15. The molecule has 0 bridgehead atoms. The number of nitro benzene ring substituents is 1. The molecule has 0 radical (unpaired) electrons. The third-order valence-electron chi connectivity index (χ3n) is 5.38. The molecule has 2 amide bonds. The van der Waals surface area contributed by atoms with E-state index in [1.54, 1.807) is 27.7 Å². The van der Waals surface area contributed by atoms with Crippen LogP contribution in [0.5, 0.6) is 5.75 Å². The zero-order chi connectivity index (χ0) is 29.2. The van der Waals surface area contributed by atoms with Gasteiger partial charge < -0.3 is 19.9 Å². The molecule has 3 rings (SSSR count). The van der Waals surface area contributed by atoms with E-state index in [0.29, 0.717) is 0 Å². The Morgan fingerprint density at radius 3 is 2.54 bits per heavy atom. The fourth-order valence-corrected chi connectivity index (χ4v) is 3.94. The molecule has 210 valence electrons. The van der Waals surface area contributed by atoms with Gasteiger partial charge in [0.25, 0.3) is 5.91 Å². The van der Waals surface area contributed by atoms with E-state index in [-0.39, 0.29) is 28.8 Å². The highest BCUT2D eigenvalue weighted by molar-refractivity contribution is 6.29. The largest absolute Gasteiger partial charge is 0.488 e. The number of nitro groups is 1. The van der Waals surface area contributed by atoms with Crippen molar-refractivity contribution in [3.05, 3.63) is 56.5 Å². The third-order valence-corrected chi connectivity index (χ3v) is 5.56. The molecular weight excluding hydrogens is 546 g/mol. The number of hydrogen-bond acceptors (Lipinski definition) is 8. The maximum absolute atomic E-state index is 14.3. The van der Waals surface area contributed by atoms with Crippen molar-refractivity contribution in [2.75, 3.05) is 18.6 Å². The van der Waals surface area contributed by atoms with Gasteiger partial charge in [0.15, 0.2) is 22.3 Å². The van der Waals surface area contributed by atoms with E-state index in [4.69, 9.17) is 16.3 Å². The highest BCUT2D eigenvalue weighted by Crippen LogP contribution is 2.34. The summed E-state index contributed by atoms with van der Waals surface area (Å²) in [5.41, 5.74) is -1.91. The summed E-state index contributed by atoms with van der Waals surface area (Å²) >= 11 is 6.12. The molecule has 2 N–H and O–H groups in total. The summed E-state index contributed by atoms with van der Waals surface area (Å²) in [4.78, 5) is 40.4. The Morgan fingerprint density at radius 1 is 1.31 bits per heavy atom. The lowest BCUT2D eigenvalue weighted by molar-refractivity contribution is -0.386. The number of rotatable bonds is 9. The lowest BCUT2D eigenvalue weighted by atomic mass is 10.1. The molecule has 39 heavy (non-hydrogen) atoms. The second-order valence-corrected chi connectivity index (χ2v) is 9.77. The maximum atomic E-state index is 14.3. The molecule has 3 aromatic rings. The number of fused-ring (bicyclic) bond motifs is 1. The van der Waals surface area contributed by atoms with E-state index in [9.17, 15) is 33.6 Å². The summed E-state index contributed by atoms with van der Waals surface area (Å²) in [6.07, 6.45) is -0.0625. The number of nitrogens with one attached hydrogen (secondary N) is 1. The minimum atomic E-state index is -1.52. The van der Waals surface area contributed by atoms with Crippen LogP contribution < -0.4 is 15.0 Å². The van der Waals surface area contributed by atoms with Crippen molar-refractivity contribution in [2.24, 2.45) is 0 Å². The van der Waals surface area contributed by atoms with Crippen molar-refractivity contribution in [3.8, 4) is 5.75 Å². The second-order valence-electron chi connectivity index (χ2n) is 9.38. The Bertz CT molecular complexity index is 1440. The second kappa shape index (κ2) is 11.3. The fraction of sp³-hybridized carbons (Fsp3) is 0.391. The van der Waals surface area contributed by atoms with E-state index >= 15 is 0 Å². The van der Waals surface area contributed by atoms with Gasteiger partial charge in [-0.1, -0.05) is 11.6 Å². The molecule has 13 nitrogen and oxygen atoms in total. The number of carbonyl (C=O) groups excluding carboxylic acids is 1.